The van der Waals surface area contributed by atoms with E-state index in [1.54, 1.807) is 19.3 Å². The second kappa shape index (κ2) is 18.6. The van der Waals surface area contributed by atoms with Gasteiger partial charge in [0.05, 0.1) is 40.5 Å². The first-order chi connectivity index (χ1) is 23.4. The van der Waals surface area contributed by atoms with Gasteiger partial charge in [-0.05, 0) is 34.4 Å². The van der Waals surface area contributed by atoms with Crippen molar-refractivity contribution >= 4 is 12.1 Å². The monoisotopic (exact) mass is 656 g/mol. The standard InChI is InChI=1S/C38H40O10/c1-42-31-16-14-29(15-17-31)24-45-32(18-30(19-37(40)43-2)26-48-38(41)44-3)20-34-35(39)21-33(46-23-27-10-6-4-7-11-27)22-36(34)47-25-28-12-8-5-9-13-28/h4-18,21-22,32,39H,19-20,23-26H2,1-3H3/b30-18+/t32-/m0/s1. The van der Waals surface area contributed by atoms with E-state index in [4.69, 9.17) is 28.4 Å². The Morgan fingerprint density at radius 2 is 1.35 bits per heavy atom. The van der Waals surface area contributed by atoms with Crippen molar-refractivity contribution in [1.82, 2.24) is 0 Å². The number of rotatable bonds is 17. The Hall–Kier alpha value is -5.48. The van der Waals surface area contributed by atoms with Crippen molar-refractivity contribution in [2.75, 3.05) is 27.9 Å². The van der Waals surface area contributed by atoms with Gasteiger partial charge < -0.3 is 38.3 Å². The zero-order valence-corrected chi connectivity index (χ0v) is 27.3. The van der Waals surface area contributed by atoms with E-state index < -0.39 is 18.2 Å². The van der Waals surface area contributed by atoms with Crippen LogP contribution in [0.15, 0.2) is 109 Å². The van der Waals surface area contributed by atoms with Gasteiger partial charge in [0.25, 0.3) is 0 Å². The molecule has 0 fully saturated rings. The van der Waals surface area contributed by atoms with Crippen LogP contribution in [-0.4, -0.2) is 51.3 Å². The summed E-state index contributed by atoms with van der Waals surface area (Å²) < 4.78 is 38.6. The van der Waals surface area contributed by atoms with E-state index >= 15 is 0 Å². The third kappa shape index (κ3) is 11.4. The van der Waals surface area contributed by atoms with Crippen LogP contribution in [0, 0.1) is 0 Å². The molecule has 0 aromatic heterocycles. The molecule has 0 amide bonds. The third-order valence-corrected chi connectivity index (χ3v) is 7.24. The van der Waals surface area contributed by atoms with Gasteiger partial charge in [-0.15, -0.1) is 0 Å². The summed E-state index contributed by atoms with van der Waals surface area (Å²) in [6.45, 7) is 0.488. The van der Waals surface area contributed by atoms with E-state index in [1.807, 2.05) is 84.9 Å². The predicted molar refractivity (Wildman–Crippen MR) is 178 cm³/mol. The Labute approximate surface area is 280 Å². The summed E-state index contributed by atoms with van der Waals surface area (Å²) in [5, 5.41) is 11.4. The molecule has 0 aliphatic rings. The minimum atomic E-state index is -0.901. The molecule has 0 aliphatic heterocycles. The van der Waals surface area contributed by atoms with Crippen molar-refractivity contribution in [3.8, 4) is 23.0 Å². The Kier molecular flexibility index (Phi) is 13.7. The largest absolute Gasteiger partial charge is 0.508 e. The van der Waals surface area contributed by atoms with Gasteiger partial charge in [-0.3, -0.25) is 4.79 Å². The number of esters is 1. The zero-order chi connectivity index (χ0) is 34.1. The van der Waals surface area contributed by atoms with Crippen molar-refractivity contribution < 1.29 is 47.9 Å². The fourth-order valence-electron chi connectivity index (χ4n) is 4.68. The van der Waals surface area contributed by atoms with E-state index in [-0.39, 0.29) is 38.4 Å². The Bertz CT molecular complexity index is 1620. The molecule has 0 saturated heterocycles. The van der Waals surface area contributed by atoms with Crippen LogP contribution < -0.4 is 14.2 Å². The molecule has 0 saturated carbocycles. The van der Waals surface area contributed by atoms with Crippen LogP contribution in [0.1, 0.15) is 28.7 Å². The minimum Gasteiger partial charge on any atom is -0.507 e. The highest BCUT2D eigenvalue weighted by Crippen LogP contribution is 2.36. The first-order valence-electron chi connectivity index (χ1n) is 15.3. The summed E-state index contributed by atoms with van der Waals surface area (Å²) in [4.78, 5) is 24.1. The highest BCUT2D eigenvalue weighted by molar-refractivity contribution is 5.72. The molecule has 0 heterocycles. The molecule has 4 rings (SSSR count). The quantitative estimate of drug-likeness (QED) is 0.0944. The van der Waals surface area contributed by atoms with E-state index in [0.29, 0.717) is 35.0 Å². The number of methoxy groups -OCH3 is 3. The summed E-state index contributed by atoms with van der Waals surface area (Å²) in [5.41, 5.74) is 3.65. The van der Waals surface area contributed by atoms with Crippen LogP contribution in [0.3, 0.4) is 0 Å². The molecule has 48 heavy (non-hydrogen) atoms. The molecule has 0 bridgehead atoms. The molecule has 0 spiro atoms. The Morgan fingerprint density at radius 1 is 0.729 bits per heavy atom. The number of carbonyl (C=O) groups excluding carboxylic acids is 2. The number of phenolic OH excluding ortho intramolecular Hbond substituents is 1. The molecule has 10 nitrogen and oxygen atoms in total. The molecule has 10 heteroatoms. The molecule has 4 aromatic carbocycles. The van der Waals surface area contributed by atoms with Gasteiger partial charge in [-0.1, -0.05) is 78.9 Å². The second-order valence-corrected chi connectivity index (χ2v) is 10.7. The van der Waals surface area contributed by atoms with Crippen molar-refractivity contribution in [2.45, 2.75) is 38.8 Å². The van der Waals surface area contributed by atoms with Crippen LogP contribution >= 0.6 is 0 Å². The molecule has 1 atom stereocenters. The van der Waals surface area contributed by atoms with Gasteiger partial charge in [-0.2, -0.15) is 0 Å². The molecule has 0 radical (unpaired) electrons. The van der Waals surface area contributed by atoms with Crippen LogP contribution in [0.25, 0.3) is 0 Å². The van der Waals surface area contributed by atoms with Crippen molar-refractivity contribution in [1.29, 1.82) is 0 Å². The van der Waals surface area contributed by atoms with Crippen molar-refractivity contribution in [2.24, 2.45) is 0 Å². The normalized spacial score (nSPS) is 11.7. The first-order valence-corrected chi connectivity index (χ1v) is 15.3. The molecule has 1 N–H and O–H groups in total. The molecular formula is C38H40O10. The van der Waals surface area contributed by atoms with Gasteiger partial charge >= 0.3 is 12.1 Å². The highest BCUT2D eigenvalue weighted by atomic mass is 16.7. The van der Waals surface area contributed by atoms with Gasteiger partial charge in [0.1, 0.15) is 42.8 Å². The number of ether oxygens (including phenoxy) is 7. The Morgan fingerprint density at radius 3 is 1.96 bits per heavy atom. The van der Waals surface area contributed by atoms with Crippen molar-refractivity contribution in [3.05, 3.63) is 131 Å². The number of hydrogen-bond acceptors (Lipinski definition) is 10. The lowest BCUT2D eigenvalue weighted by Crippen LogP contribution is -2.18. The van der Waals surface area contributed by atoms with Gasteiger partial charge in [0.15, 0.2) is 0 Å². The minimum absolute atomic E-state index is 0.0598. The maximum absolute atomic E-state index is 12.3. The average Bonchev–Trinajstić information content (AvgIpc) is 3.12. The van der Waals surface area contributed by atoms with Crippen LogP contribution in [0.4, 0.5) is 4.79 Å². The zero-order valence-electron chi connectivity index (χ0n) is 27.3. The maximum Gasteiger partial charge on any atom is 0.508 e. The number of phenols is 1. The number of carbonyl (C=O) groups is 2. The fraction of sp³-hybridized carbons (Fsp3) is 0.263. The summed E-state index contributed by atoms with van der Waals surface area (Å²) in [6, 6.07) is 30.0. The van der Waals surface area contributed by atoms with E-state index in [9.17, 15) is 14.7 Å². The lowest BCUT2D eigenvalue weighted by Gasteiger charge is -2.21. The van der Waals surface area contributed by atoms with Gasteiger partial charge in [0.2, 0.25) is 0 Å². The Balaban J connectivity index is 1.67. The van der Waals surface area contributed by atoms with Crippen LogP contribution in [0.2, 0.25) is 0 Å². The molecular weight excluding hydrogens is 616 g/mol. The second-order valence-electron chi connectivity index (χ2n) is 10.7. The first kappa shape index (κ1) is 35.4. The molecule has 4 aromatic rings. The van der Waals surface area contributed by atoms with Crippen molar-refractivity contribution in [3.63, 3.8) is 0 Å². The van der Waals surface area contributed by atoms with Gasteiger partial charge in [0, 0.05) is 24.1 Å². The van der Waals surface area contributed by atoms with E-state index in [0.717, 1.165) is 16.7 Å². The number of hydrogen-bond donors (Lipinski definition) is 1. The summed E-state index contributed by atoms with van der Waals surface area (Å²) >= 11 is 0. The lowest BCUT2D eigenvalue weighted by molar-refractivity contribution is -0.139. The summed E-state index contributed by atoms with van der Waals surface area (Å²) in [6.07, 6.45) is 0.0409. The summed E-state index contributed by atoms with van der Waals surface area (Å²) in [7, 11) is 4.06. The molecule has 0 aliphatic carbocycles. The SMILES string of the molecule is COC(=O)C/C(=C\[C@@H](Cc1c(O)cc(OCc2ccccc2)cc1OCc1ccccc1)OCc1ccc(OC)cc1)COC(=O)OC. The third-order valence-electron chi connectivity index (χ3n) is 7.24. The number of benzene rings is 4. The average molecular weight is 657 g/mol. The van der Waals surface area contributed by atoms with E-state index in [2.05, 4.69) is 4.74 Å². The van der Waals surface area contributed by atoms with Crippen LogP contribution in [-0.2, 0) is 50.0 Å². The predicted octanol–water partition coefficient (Wildman–Crippen LogP) is 6.96. The van der Waals surface area contributed by atoms with Gasteiger partial charge in [-0.25, -0.2) is 4.79 Å². The smallest absolute Gasteiger partial charge is 0.507 e. The van der Waals surface area contributed by atoms with Crippen LogP contribution in [0.5, 0.6) is 23.0 Å². The summed E-state index contributed by atoms with van der Waals surface area (Å²) in [5.74, 6) is 0.935. The highest BCUT2D eigenvalue weighted by Gasteiger charge is 2.21. The molecule has 252 valence electrons. The maximum atomic E-state index is 12.3. The molecule has 0 unspecified atom stereocenters. The fourth-order valence-corrected chi connectivity index (χ4v) is 4.68. The lowest BCUT2D eigenvalue weighted by atomic mass is 10.0. The topological polar surface area (TPSA) is 119 Å². The number of aromatic hydroxyl groups is 1. The van der Waals surface area contributed by atoms with E-state index in [1.165, 1.54) is 20.3 Å².